The highest BCUT2D eigenvalue weighted by Gasteiger charge is 1.82. The second-order valence-corrected chi connectivity index (χ2v) is 1.88. The predicted octanol–water partition coefficient (Wildman–Crippen LogP) is 1.34. The molecule has 0 aromatic rings. The smallest absolute Gasteiger partial charge is 0.293 e. The van der Waals surface area contributed by atoms with Gasteiger partial charge in [-0.15, -0.1) is 11.6 Å². The Hall–Kier alpha value is -0.500. The van der Waals surface area contributed by atoms with Crippen LogP contribution in [0, 0.1) is 0 Å². The Kier molecular flexibility index (Phi) is 5.32. The molecule has 0 aromatic carbocycles. The summed E-state index contributed by atoms with van der Waals surface area (Å²) in [6.45, 7) is 2.61. The molecule has 0 saturated carbocycles. The number of hydrogen-bond donors (Lipinski definition) is 0. The van der Waals surface area contributed by atoms with E-state index in [2.05, 4.69) is 4.74 Å². The number of carbonyl (C=O) groups excluding carboxylic acids is 1. The fourth-order valence-electron chi connectivity index (χ4n) is 0.284. The van der Waals surface area contributed by atoms with E-state index in [1.807, 2.05) is 6.92 Å². The van der Waals surface area contributed by atoms with Gasteiger partial charge in [0.05, 0.1) is 0 Å². The van der Waals surface area contributed by atoms with Gasteiger partial charge in [0.2, 0.25) is 0 Å². The second kappa shape index (κ2) is 5.63. The molecule has 0 aliphatic heterocycles. The van der Waals surface area contributed by atoms with Gasteiger partial charge in [-0.05, 0) is 13.0 Å². The van der Waals surface area contributed by atoms with Crippen LogP contribution in [0.1, 0.15) is 6.92 Å². The third kappa shape index (κ3) is 5.37. The van der Waals surface area contributed by atoms with Crippen LogP contribution in [0.5, 0.6) is 0 Å². The molecule has 0 saturated heterocycles. The third-order valence-electron chi connectivity index (χ3n) is 0.807. The minimum Gasteiger partial charge on any atom is -0.464 e. The van der Waals surface area contributed by atoms with E-state index in [4.69, 9.17) is 11.6 Å². The van der Waals surface area contributed by atoms with Crippen LogP contribution in [-0.2, 0) is 9.53 Å². The zero-order chi connectivity index (χ0) is 7.11. The van der Waals surface area contributed by atoms with Crippen LogP contribution in [0.2, 0.25) is 0 Å². The molecule has 0 aromatic heterocycles. The van der Waals surface area contributed by atoms with Gasteiger partial charge >= 0.3 is 0 Å². The predicted molar refractivity (Wildman–Crippen MR) is 36.5 cm³/mol. The molecule has 2 nitrogen and oxygen atoms in total. The number of ether oxygens (including phenoxy) is 1. The van der Waals surface area contributed by atoms with E-state index in [-0.39, 0.29) is 0 Å². The zero-order valence-corrected chi connectivity index (χ0v) is 6.02. The van der Waals surface area contributed by atoms with E-state index in [1.54, 1.807) is 6.08 Å². The standard InChI is InChI=1S/C6H9ClO2/c1-6(4-7)2-3-9-5-8/h2,5H,3-4H2,1H3/b6-2+. The number of halogens is 1. The summed E-state index contributed by atoms with van der Waals surface area (Å²) in [5.74, 6) is 0.488. The second-order valence-electron chi connectivity index (χ2n) is 1.61. The summed E-state index contributed by atoms with van der Waals surface area (Å²) in [5.41, 5.74) is 1.01. The van der Waals surface area contributed by atoms with E-state index in [0.717, 1.165) is 5.57 Å². The minimum absolute atomic E-state index is 0.321. The van der Waals surface area contributed by atoms with Crippen molar-refractivity contribution in [3.8, 4) is 0 Å². The largest absolute Gasteiger partial charge is 0.464 e. The molecule has 9 heavy (non-hydrogen) atoms. The summed E-state index contributed by atoms with van der Waals surface area (Å²) < 4.78 is 4.39. The van der Waals surface area contributed by atoms with E-state index < -0.39 is 0 Å². The van der Waals surface area contributed by atoms with Crippen molar-refractivity contribution < 1.29 is 9.53 Å². The average Bonchev–Trinajstić information content (AvgIpc) is 1.89. The van der Waals surface area contributed by atoms with Crippen LogP contribution >= 0.6 is 11.6 Å². The lowest BCUT2D eigenvalue weighted by molar-refractivity contribution is -0.127. The first-order valence-corrected chi connectivity index (χ1v) is 3.11. The normalized spacial score (nSPS) is 11.1. The third-order valence-corrected chi connectivity index (χ3v) is 1.23. The molecule has 0 aliphatic carbocycles. The SMILES string of the molecule is C/C(=C\COC=O)CCl. The highest BCUT2D eigenvalue weighted by atomic mass is 35.5. The van der Waals surface area contributed by atoms with Crippen molar-refractivity contribution in [2.45, 2.75) is 6.92 Å². The minimum atomic E-state index is 0.321. The van der Waals surface area contributed by atoms with E-state index in [9.17, 15) is 4.79 Å². The molecule has 0 fully saturated rings. The summed E-state index contributed by atoms with van der Waals surface area (Å²) in [6.07, 6.45) is 1.77. The van der Waals surface area contributed by atoms with Crippen molar-refractivity contribution in [2.24, 2.45) is 0 Å². The average molecular weight is 149 g/mol. The molecule has 0 spiro atoms. The molecule has 0 heterocycles. The van der Waals surface area contributed by atoms with Crippen LogP contribution in [0.15, 0.2) is 11.6 Å². The van der Waals surface area contributed by atoms with Gasteiger partial charge in [-0.3, -0.25) is 4.79 Å². The zero-order valence-electron chi connectivity index (χ0n) is 5.26. The summed E-state index contributed by atoms with van der Waals surface area (Å²) >= 11 is 5.42. The van der Waals surface area contributed by atoms with Crippen LogP contribution in [0.3, 0.4) is 0 Å². The van der Waals surface area contributed by atoms with Crippen molar-refractivity contribution in [3.05, 3.63) is 11.6 Å². The number of carbonyl (C=O) groups is 1. The molecule has 0 unspecified atom stereocenters. The lowest BCUT2D eigenvalue weighted by atomic mass is 10.3. The van der Waals surface area contributed by atoms with Gasteiger partial charge in [-0.2, -0.15) is 0 Å². The maximum Gasteiger partial charge on any atom is 0.293 e. The van der Waals surface area contributed by atoms with Crippen LogP contribution in [-0.4, -0.2) is 19.0 Å². The quantitative estimate of drug-likeness (QED) is 0.260. The number of alkyl halides is 1. The van der Waals surface area contributed by atoms with Crippen molar-refractivity contribution in [1.29, 1.82) is 0 Å². The molecular weight excluding hydrogens is 140 g/mol. The number of hydrogen-bond acceptors (Lipinski definition) is 2. The Morgan fingerprint density at radius 1 is 1.78 bits per heavy atom. The molecule has 52 valence electrons. The van der Waals surface area contributed by atoms with Gasteiger partial charge in [0.1, 0.15) is 6.61 Å². The lowest BCUT2D eigenvalue weighted by Crippen LogP contribution is -1.88. The highest BCUT2D eigenvalue weighted by molar-refractivity contribution is 6.19. The summed E-state index contributed by atoms with van der Waals surface area (Å²) in [4.78, 5) is 9.59. The Bertz CT molecular complexity index is 110. The van der Waals surface area contributed by atoms with Crippen LogP contribution < -0.4 is 0 Å². The molecule has 0 amide bonds. The Balaban J connectivity index is 3.31. The Morgan fingerprint density at radius 2 is 2.44 bits per heavy atom. The van der Waals surface area contributed by atoms with E-state index in [0.29, 0.717) is 19.0 Å². The molecular formula is C6H9ClO2. The van der Waals surface area contributed by atoms with Crippen LogP contribution in [0.25, 0.3) is 0 Å². The maximum absolute atomic E-state index is 9.59. The summed E-state index contributed by atoms with van der Waals surface area (Å²) in [6, 6.07) is 0. The van der Waals surface area contributed by atoms with Gasteiger partial charge in [0.15, 0.2) is 0 Å². The van der Waals surface area contributed by atoms with Gasteiger partial charge in [0.25, 0.3) is 6.47 Å². The first kappa shape index (κ1) is 8.50. The monoisotopic (exact) mass is 148 g/mol. The molecule has 0 atom stereocenters. The molecule has 0 N–H and O–H groups in total. The first-order valence-electron chi connectivity index (χ1n) is 2.58. The van der Waals surface area contributed by atoms with Crippen molar-refractivity contribution >= 4 is 18.1 Å². The first-order chi connectivity index (χ1) is 4.31. The van der Waals surface area contributed by atoms with Gasteiger partial charge < -0.3 is 4.74 Å². The number of rotatable bonds is 4. The van der Waals surface area contributed by atoms with Crippen molar-refractivity contribution in [1.82, 2.24) is 0 Å². The lowest BCUT2D eigenvalue weighted by Gasteiger charge is -1.92. The highest BCUT2D eigenvalue weighted by Crippen LogP contribution is 1.93. The molecule has 0 rings (SSSR count). The molecule has 0 aliphatic rings. The summed E-state index contributed by atoms with van der Waals surface area (Å²) in [7, 11) is 0. The molecule has 0 radical (unpaired) electrons. The fraction of sp³-hybridized carbons (Fsp3) is 0.500. The topological polar surface area (TPSA) is 26.3 Å². The Labute approximate surface area is 59.5 Å². The number of allylic oxidation sites excluding steroid dienone is 1. The molecule has 0 bridgehead atoms. The van der Waals surface area contributed by atoms with Crippen molar-refractivity contribution in [2.75, 3.05) is 12.5 Å². The van der Waals surface area contributed by atoms with Gasteiger partial charge in [-0.25, -0.2) is 0 Å². The van der Waals surface area contributed by atoms with Crippen LogP contribution in [0.4, 0.5) is 0 Å². The van der Waals surface area contributed by atoms with E-state index >= 15 is 0 Å². The fourth-order valence-corrected chi connectivity index (χ4v) is 0.393. The van der Waals surface area contributed by atoms with Crippen molar-refractivity contribution in [3.63, 3.8) is 0 Å². The van der Waals surface area contributed by atoms with E-state index in [1.165, 1.54) is 0 Å². The maximum atomic E-state index is 9.59. The Morgan fingerprint density at radius 3 is 2.89 bits per heavy atom. The van der Waals surface area contributed by atoms with Gasteiger partial charge in [0, 0.05) is 5.88 Å². The molecule has 3 heteroatoms. The summed E-state index contributed by atoms with van der Waals surface area (Å²) in [5, 5.41) is 0. The van der Waals surface area contributed by atoms with Gasteiger partial charge in [-0.1, -0.05) is 5.57 Å².